The highest BCUT2D eigenvalue weighted by atomic mass is 32.2. The molecule has 1 N–H and O–H groups in total. The molecule has 2 saturated heterocycles. The first-order valence-electron chi connectivity index (χ1n) is 13.2. The minimum absolute atomic E-state index is 0.0198. The van der Waals surface area contributed by atoms with Crippen LogP contribution >= 0.6 is 11.8 Å². The number of aliphatic hydroxyl groups excluding tert-OH is 1. The van der Waals surface area contributed by atoms with Gasteiger partial charge in [-0.2, -0.15) is 0 Å². The molecule has 2 aliphatic heterocycles. The van der Waals surface area contributed by atoms with Crippen LogP contribution in [-0.2, 0) is 9.53 Å². The van der Waals surface area contributed by atoms with Crippen molar-refractivity contribution in [2.24, 2.45) is 28.6 Å². The third-order valence-electron chi connectivity index (χ3n) is 11.5. The van der Waals surface area contributed by atoms with Gasteiger partial charge in [-0.15, -0.1) is 11.8 Å². The summed E-state index contributed by atoms with van der Waals surface area (Å²) in [5, 5.41) is 12.4. The van der Waals surface area contributed by atoms with Crippen LogP contribution in [0.2, 0.25) is 0 Å². The first-order chi connectivity index (χ1) is 15.1. The number of ether oxygens (including phenoxy) is 1. The molecule has 4 bridgehead atoms. The topological polar surface area (TPSA) is 49.8 Å². The molecule has 4 nitrogen and oxygen atoms in total. The Morgan fingerprint density at radius 2 is 1.69 bits per heavy atom. The number of thioether (sulfide) groups is 1. The molecule has 5 aliphatic rings. The van der Waals surface area contributed by atoms with Gasteiger partial charge in [-0.05, 0) is 89.0 Å². The first-order valence-corrected chi connectivity index (χ1v) is 14.1. The van der Waals surface area contributed by atoms with Gasteiger partial charge in [0.25, 0.3) is 0 Å². The van der Waals surface area contributed by atoms with E-state index in [1.165, 1.54) is 25.7 Å². The SMILES string of the molecule is CO[C@@H]1CCC23CC[C@@H](C)[C@](C)(C12)[C@H](O)C[C@@](C)(SC1CC2CCC(C1)N2C)C(=O)[C@@H]3C. The summed E-state index contributed by atoms with van der Waals surface area (Å²) >= 11 is 1.94. The van der Waals surface area contributed by atoms with Crippen LogP contribution in [0.4, 0.5) is 0 Å². The van der Waals surface area contributed by atoms with Gasteiger partial charge in [-0.3, -0.25) is 4.79 Å². The fraction of sp³-hybridized carbons (Fsp3) is 0.963. The van der Waals surface area contributed by atoms with Crippen molar-refractivity contribution in [2.45, 2.75) is 120 Å². The minimum Gasteiger partial charge on any atom is -0.392 e. The molecule has 5 rings (SSSR count). The van der Waals surface area contributed by atoms with E-state index in [0.29, 0.717) is 35.5 Å². The van der Waals surface area contributed by atoms with Crippen LogP contribution in [0.3, 0.4) is 0 Å². The van der Waals surface area contributed by atoms with Gasteiger partial charge >= 0.3 is 0 Å². The zero-order valence-electron chi connectivity index (χ0n) is 21.1. The summed E-state index contributed by atoms with van der Waals surface area (Å²) in [5.41, 5.74) is -0.216. The normalized spacial score (nSPS) is 56.0. The monoisotopic (exact) mass is 463 g/mol. The van der Waals surface area contributed by atoms with Gasteiger partial charge in [0.15, 0.2) is 5.78 Å². The lowest BCUT2D eigenvalue weighted by Crippen LogP contribution is -2.63. The molecule has 10 atom stereocenters. The molecular formula is C27H45NO3S. The Labute approximate surface area is 199 Å². The Bertz CT molecular complexity index is 747. The number of hydrogen-bond acceptors (Lipinski definition) is 5. The summed E-state index contributed by atoms with van der Waals surface area (Å²) in [4.78, 5) is 16.9. The van der Waals surface area contributed by atoms with Crippen LogP contribution in [0, 0.1) is 28.6 Å². The standard InChI is InChI=1S/C27H45NO3S/c1-16-9-11-27-12-10-21(31-6)23(27)26(16,4)22(29)15-25(3,24(30)17(27)2)32-20-13-18-7-8-19(14-20)28(18)5/h16-23,29H,7-15H2,1-6H3/t16-,17+,18?,19?,20?,21-,22-,23?,25-,26+,27?/m1/s1. The van der Waals surface area contributed by atoms with Crippen LogP contribution in [0.5, 0.6) is 0 Å². The number of methoxy groups -OCH3 is 1. The molecular weight excluding hydrogens is 418 g/mol. The van der Waals surface area contributed by atoms with Gasteiger partial charge in [-0.25, -0.2) is 0 Å². The lowest BCUT2D eigenvalue weighted by atomic mass is 9.45. The van der Waals surface area contributed by atoms with Crippen LogP contribution < -0.4 is 0 Å². The van der Waals surface area contributed by atoms with E-state index in [1.807, 2.05) is 18.9 Å². The number of nitrogens with zero attached hydrogens (tertiary/aromatic N) is 1. The summed E-state index contributed by atoms with van der Waals surface area (Å²) in [5.74, 6) is 1.16. The molecule has 0 amide bonds. The second-order valence-electron chi connectivity index (χ2n) is 12.6. The van der Waals surface area contributed by atoms with E-state index in [1.54, 1.807) is 0 Å². The van der Waals surface area contributed by atoms with Crippen molar-refractivity contribution in [3.05, 3.63) is 0 Å². The maximum atomic E-state index is 14.3. The smallest absolute Gasteiger partial charge is 0.152 e. The number of carbonyl (C=O) groups excluding carboxylic acids is 1. The molecule has 0 radical (unpaired) electrons. The van der Waals surface area contributed by atoms with Crippen molar-refractivity contribution in [2.75, 3.05) is 14.2 Å². The second kappa shape index (κ2) is 7.96. The van der Waals surface area contributed by atoms with Crippen molar-refractivity contribution < 1.29 is 14.6 Å². The van der Waals surface area contributed by atoms with E-state index in [9.17, 15) is 9.90 Å². The van der Waals surface area contributed by atoms with Gasteiger partial charge < -0.3 is 14.7 Å². The average molecular weight is 464 g/mol. The number of piperidine rings is 1. The largest absolute Gasteiger partial charge is 0.392 e. The Balaban J connectivity index is 1.50. The lowest BCUT2D eigenvalue weighted by molar-refractivity contribution is -0.182. The summed E-state index contributed by atoms with van der Waals surface area (Å²) in [7, 11) is 4.12. The number of hydrogen-bond donors (Lipinski definition) is 1. The first kappa shape index (κ1) is 23.6. The number of rotatable bonds is 3. The molecule has 0 spiro atoms. The highest BCUT2D eigenvalue weighted by Gasteiger charge is 2.68. The molecule has 4 unspecified atom stereocenters. The van der Waals surface area contributed by atoms with Gasteiger partial charge in [0.1, 0.15) is 0 Å². The zero-order chi connectivity index (χ0) is 23.1. The van der Waals surface area contributed by atoms with Crippen molar-refractivity contribution in [3.8, 4) is 0 Å². The number of aliphatic hydroxyl groups is 1. The molecule has 0 aromatic carbocycles. The van der Waals surface area contributed by atoms with Crippen LogP contribution in [0.15, 0.2) is 0 Å². The molecule has 3 aliphatic carbocycles. The highest BCUT2D eigenvalue weighted by Crippen LogP contribution is 2.68. The highest BCUT2D eigenvalue weighted by molar-refractivity contribution is 8.02. The van der Waals surface area contributed by atoms with Crippen LogP contribution in [0.1, 0.15) is 85.5 Å². The second-order valence-corrected chi connectivity index (χ2v) is 14.4. The van der Waals surface area contributed by atoms with E-state index in [2.05, 4.69) is 39.6 Å². The van der Waals surface area contributed by atoms with E-state index < -0.39 is 10.9 Å². The number of ketones is 1. The number of Topliss-reactive ketones (excluding diaryl/α,β-unsaturated/α-hetero) is 1. The third kappa shape index (κ3) is 3.16. The predicted molar refractivity (Wildman–Crippen MR) is 131 cm³/mol. The van der Waals surface area contributed by atoms with Gasteiger partial charge in [-0.1, -0.05) is 20.8 Å². The molecule has 0 aromatic heterocycles. The minimum atomic E-state index is -0.500. The molecule has 5 heteroatoms. The van der Waals surface area contributed by atoms with Crippen LogP contribution in [-0.4, -0.2) is 64.2 Å². The van der Waals surface area contributed by atoms with E-state index in [-0.39, 0.29) is 28.8 Å². The van der Waals surface area contributed by atoms with Gasteiger partial charge in [0, 0.05) is 35.8 Å². The van der Waals surface area contributed by atoms with Crippen LogP contribution in [0.25, 0.3) is 0 Å². The van der Waals surface area contributed by atoms with Crippen molar-refractivity contribution >= 4 is 17.5 Å². The fourth-order valence-corrected chi connectivity index (χ4v) is 11.3. The summed E-state index contributed by atoms with van der Waals surface area (Å²) in [6.45, 7) is 9.09. The van der Waals surface area contributed by atoms with Crippen molar-refractivity contribution in [1.29, 1.82) is 0 Å². The Morgan fingerprint density at radius 3 is 2.31 bits per heavy atom. The molecule has 2 heterocycles. The Hall–Kier alpha value is -0.100. The van der Waals surface area contributed by atoms with E-state index in [4.69, 9.17) is 4.74 Å². The molecule has 3 saturated carbocycles. The molecule has 182 valence electrons. The lowest BCUT2D eigenvalue weighted by Gasteiger charge is -2.61. The Morgan fingerprint density at radius 1 is 1.06 bits per heavy atom. The maximum absolute atomic E-state index is 14.3. The third-order valence-corrected chi connectivity index (χ3v) is 13.1. The summed E-state index contributed by atoms with van der Waals surface area (Å²) in [6.07, 6.45) is 9.59. The zero-order valence-corrected chi connectivity index (χ0v) is 21.9. The van der Waals surface area contributed by atoms with Gasteiger partial charge in [0.2, 0.25) is 0 Å². The maximum Gasteiger partial charge on any atom is 0.152 e. The van der Waals surface area contributed by atoms with E-state index in [0.717, 1.165) is 25.7 Å². The van der Waals surface area contributed by atoms with Gasteiger partial charge in [0.05, 0.1) is 17.0 Å². The predicted octanol–water partition coefficient (Wildman–Crippen LogP) is 4.92. The fourth-order valence-electron chi connectivity index (χ4n) is 9.34. The summed E-state index contributed by atoms with van der Waals surface area (Å²) < 4.78 is 5.54. The quantitative estimate of drug-likeness (QED) is 0.644. The number of carbonyl (C=O) groups is 1. The van der Waals surface area contributed by atoms with Crippen molar-refractivity contribution in [1.82, 2.24) is 4.90 Å². The van der Waals surface area contributed by atoms with Crippen molar-refractivity contribution in [3.63, 3.8) is 0 Å². The Kier molecular flexibility index (Phi) is 5.88. The molecule has 0 aromatic rings. The average Bonchev–Trinajstić information content (AvgIpc) is 3.23. The molecule has 5 fully saturated rings. The number of fused-ring (bicyclic) bond motifs is 2. The van der Waals surface area contributed by atoms with E-state index >= 15 is 0 Å². The summed E-state index contributed by atoms with van der Waals surface area (Å²) in [6, 6.07) is 1.36. The molecule has 32 heavy (non-hydrogen) atoms.